The second-order valence-corrected chi connectivity index (χ2v) is 3.83. The lowest BCUT2D eigenvalue weighted by Gasteiger charge is -2.25. The normalized spacial score (nSPS) is 14.1. The Morgan fingerprint density at radius 1 is 1.62 bits per heavy atom. The quantitative estimate of drug-likeness (QED) is 0.690. The highest BCUT2D eigenvalue weighted by Gasteiger charge is 2.34. The largest absolute Gasteiger partial charge is 0.480 e. The summed E-state index contributed by atoms with van der Waals surface area (Å²) in [5, 5.41) is 17.7. The third kappa shape index (κ3) is 2.59. The molecule has 0 fully saturated rings. The van der Waals surface area contributed by atoms with Crippen molar-refractivity contribution in [2.24, 2.45) is 0 Å². The predicted octanol–water partition coefficient (Wildman–Crippen LogP) is 0.783. The zero-order valence-electron chi connectivity index (χ0n) is 9.28. The van der Waals surface area contributed by atoms with Gasteiger partial charge in [-0.2, -0.15) is 5.10 Å². The molecular formula is C10H15N3O3. The summed E-state index contributed by atoms with van der Waals surface area (Å²) in [6, 6.07) is 0. The first kappa shape index (κ1) is 12.2. The molecule has 1 aromatic rings. The molecule has 1 heterocycles. The molecule has 0 aliphatic carbocycles. The highest BCUT2D eigenvalue weighted by molar-refractivity contribution is 5.97. The maximum atomic E-state index is 11.7. The van der Waals surface area contributed by atoms with Crippen LogP contribution in [0.25, 0.3) is 0 Å². The van der Waals surface area contributed by atoms with Crippen LogP contribution in [-0.2, 0) is 4.79 Å². The number of hydrogen-bond acceptors (Lipinski definition) is 3. The number of carboxylic acid groups (broad SMARTS) is 1. The highest BCUT2D eigenvalue weighted by atomic mass is 16.4. The van der Waals surface area contributed by atoms with E-state index in [0.717, 1.165) is 0 Å². The summed E-state index contributed by atoms with van der Waals surface area (Å²) in [6.07, 6.45) is 3.83. The Morgan fingerprint density at radius 3 is 2.75 bits per heavy atom. The van der Waals surface area contributed by atoms with E-state index in [-0.39, 0.29) is 0 Å². The molecule has 0 aliphatic heterocycles. The predicted molar refractivity (Wildman–Crippen MR) is 57.0 cm³/mol. The van der Waals surface area contributed by atoms with Crippen molar-refractivity contribution < 1.29 is 14.7 Å². The molecule has 16 heavy (non-hydrogen) atoms. The smallest absolute Gasteiger partial charge is 0.329 e. The fourth-order valence-electron chi connectivity index (χ4n) is 1.42. The van der Waals surface area contributed by atoms with E-state index in [2.05, 4.69) is 15.5 Å². The highest BCUT2D eigenvalue weighted by Crippen LogP contribution is 2.13. The number of nitrogens with zero attached hydrogens (tertiary/aromatic N) is 1. The molecule has 1 amide bonds. The van der Waals surface area contributed by atoms with Gasteiger partial charge in [0.2, 0.25) is 0 Å². The minimum absolute atomic E-state index is 0.323. The number of carbonyl (C=O) groups excluding carboxylic acids is 1. The fourth-order valence-corrected chi connectivity index (χ4v) is 1.42. The summed E-state index contributed by atoms with van der Waals surface area (Å²) in [5.74, 6) is -1.47. The first-order chi connectivity index (χ1) is 7.49. The fraction of sp³-hybridized carbons (Fsp3) is 0.500. The van der Waals surface area contributed by atoms with Crippen LogP contribution < -0.4 is 5.32 Å². The molecule has 1 aromatic heterocycles. The van der Waals surface area contributed by atoms with Gasteiger partial charge in [0.1, 0.15) is 5.54 Å². The van der Waals surface area contributed by atoms with Crippen molar-refractivity contribution in [2.45, 2.75) is 32.2 Å². The summed E-state index contributed by atoms with van der Waals surface area (Å²) in [7, 11) is 0. The standard InChI is InChI=1S/C10H15N3O3/c1-3-4-10(2,9(15)16)13-8(14)7-5-11-12-6-7/h5-6H,3-4H2,1-2H3,(H,11,12)(H,13,14)(H,15,16). The Labute approximate surface area is 93.1 Å². The van der Waals surface area contributed by atoms with E-state index in [9.17, 15) is 9.59 Å². The molecule has 1 atom stereocenters. The number of carboxylic acids is 1. The number of hydrogen-bond donors (Lipinski definition) is 3. The molecule has 0 aliphatic rings. The zero-order valence-corrected chi connectivity index (χ0v) is 9.28. The number of aliphatic carboxylic acids is 1. The van der Waals surface area contributed by atoms with E-state index in [1.54, 1.807) is 0 Å². The second-order valence-electron chi connectivity index (χ2n) is 3.83. The van der Waals surface area contributed by atoms with Gasteiger partial charge in [0.15, 0.2) is 0 Å². The molecule has 0 spiro atoms. The van der Waals surface area contributed by atoms with Crippen LogP contribution in [0, 0.1) is 0 Å². The molecule has 0 aromatic carbocycles. The third-order valence-electron chi connectivity index (χ3n) is 2.37. The maximum absolute atomic E-state index is 11.7. The minimum atomic E-state index is -1.23. The van der Waals surface area contributed by atoms with Gasteiger partial charge in [-0.3, -0.25) is 9.89 Å². The van der Waals surface area contributed by atoms with Gasteiger partial charge in [0.05, 0.1) is 11.8 Å². The lowest BCUT2D eigenvalue weighted by atomic mass is 9.96. The molecule has 0 radical (unpaired) electrons. The van der Waals surface area contributed by atoms with Crippen LogP contribution in [0.5, 0.6) is 0 Å². The summed E-state index contributed by atoms with van der Waals surface area (Å²) in [4.78, 5) is 22.7. The third-order valence-corrected chi connectivity index (χ3v) is 2.37. The van der Waals surface area contributed by atoms with Gasteiger partial charge >= 0.3 is 5.97 Å². The molecule has 3 N–H and O–H groups in total. The van der Waals surface area contributed by atoms with Gasteiger partial charge in [-0.1, -0.05) is 13.3 Å². The van der Waals surface area contributed by atoms with Gasteiger partial charge in [-0.05, 0) is 13.3 Å². The monoisotopic (exact) mass is 225 g/mol. The lowest BCUT2D eigenvalue weighted by molar-refractivity contribution is -0.144. The van der Waals surface area contributed by atoms with Gasteiger partial charge in [0, 0.05) is 6.20 Å². The number of aromatic nitrogens is 2. The summed E-state index contributed by atoms with van der Waals surface area (Å²) < 4.78 is 0. The summed E-state index contributed by atoms with van der Waals surface area (Å²) >= 11 is 0. The minimum Gasteiger partial charge on any atom is -0.480 e. The van der Waals surface area contributed by atoms with E-state index in [1.807, 2.05) is 6.92 Å². The Hall–Kier alpha value is -1.85. The van der Waals surface area contributed by atoms with Crippen molar-refractivity contribution in [1.82, 2.24) is 15.5 Å². The molecule has 0 saturated carbocycles. The van der Waals surface area contributed by atoms with Crippen LogP contribution in [0.3, 0.4) is 0 Å². The number of carbonyl (C=O) groups is 2. The first-order valence-corrected chi connectivity index (χ1v) is 5.04. The van der Waals surface area contributed by atoms with Crippen molar-refractivity contribution in [1.29, 1.82) is 0 Å². The van der Waals surface area contributed by atoms with Crippen molar-refractivity contribution in [3.63, 3.8) is 0 Å². The van der Waals surface area contributed by atoms with Gasteiger partial charge in [-0.25, -0.2) is 4.79 Å². The summed E-state index contributed by atoms with van der Waals surface area (Å²) in [5.41, 5.74) is -0.910. The van der Waals surface area contributed by atoms with E-state index < -0.39 is 17.4 Å². The first-order valence-electron chi connectivity index (χ1n) is 5.04. The van der Waals surface area contributed by atoms with Crippen LogP contribution >= 0.6 is 0 Å². The molecule has 6 nitrogen and oxygen atoms in total. The molecular weight excluding hydrogens is 210 g/mol. The van der Waals surface area contributed by atoms with E-state index in [1.165, 1.54) is 19.3 Å². The average Bonchev–Trinajstić information content (AvgIpc) is 2.70. The van der Waals surface area contributed by atoms with E-state index in [0.29, 0.717) is 18.4 Å². The van der Waals surface area contributed by atoms with Crippen LogP contribution in [0.2, 0.25) is 0 Å². The molecule has 0 saturated heterocycles. The topological polar surface area (TPSA) is 95.1 Å². The molecule has 1 rings (SSSR count). The van der Waals surface area contributed by atoms with Crippen LogP contribution in [0.15, 0.2) is 12.4 Å². The molecule has 6 heteroatoms. The molecule has 0 bridgehead atoms. The van der Waals surface area contributed by atoms with E-state index in [4.69, 9.17) is 5.11 Å². The van der Waals surface area contributed by atoms with Gasteiger partial charge in [-0.15, -0.1) is 0 Å². The van der Waals surface area contributed by atoms with Gasteiger partial charge in [0.25, 0.3) is 5.91 Å². The molecule has 1 unspecified atom stereocenters. The maximum Gasteiger partial charge on any atom is 0.329 e. The number of aromatic amines is 1. The zero-order chi connectivity index (χ0) is 12.2. The Kier molecular flexibility index (Phi) is 3.65. The van der Waals surface area contributed by atoms with Crippen LogP contribution in [-0.4, -0.2) is 32.7 Å². The van der Waals surface area contributed by atoms with Crippen molar-refractivity contribution >= 4 is 11.9 Å². The van der Waals surface area contributed by atoms with Crippen LogP contribution in [0.4, 0.5) is 0 Å². The number of amides is 1. The van der Waals surface area contributed by atoms with Gasteiger partial charge < -0.3 is 10.4 Å². The SMILES string of the molecule is CCCC(C)(NC(=O)c1cn[nH]c1)C(=O)O. The number of nitrogens with one attached hydrogen (secondary N) is 2. The lowest BCUT2D eigenvalue weighted by Crippen LogP contribution is -2.52. The summed E-state index contributed by atoms with van der Waals surface area (Å²) in [6.45, 7) is 3.36. The van der Waals surface area contributed by atoms with Crippen LogP contribution in [0.1, 0.15) is 37.0 Å². The molecule has 88 valence electrons. The number of H-pyrrole nitrogens is 1. The number of rotatable bonds is 5. The average molecular weight is 225 g/mol. The second kappa shape index (κ2) is 4.78. The van der Waals surface area contributed by atoms with Crippen molar-refractivity contribution in [3.05, 3.63) is 18.0 Å². The van der Waals surface area contributed by atoms with Crippen molar-refractivity contribution in [2.75, 3.05) is 0 Å². The Bertz CT molecular complexity index is 375. The Morgan fingerprint density at radius 2 is 2.31 bits per heavy atom. The van der Waals surface area contributed by atoms with E-state index >= 15 is 0 Å². The Balaban J connectivity index is 2.77. The van der Waals surface area contributed by atoms with Crippen molar-refractivity contribution in [3.8, 4) is 0 Å².